The molecule has 0 radical (unpaired) electrons. The summed E-state index contributed by atoms with van der Waals surface area (Å²) in [6.07, 6.45) is -0.203. The molecule has 1 aromatic carbocycles. The number of hydroxylamine groups is 2. The number of amides is 1. The Hall–Kier alpha value is -1.27. The maximum atomic E-state index is 14.3. The summed E-state index contributed by atoms with van der Waals surface area (Å²) in [7, 11) is -3.83. The third kappa shape index (κ3) is 6.69. The molecule has 0 heterocycles. The molecule has 1 amide bonds. The number of alkyl halides is 1. The van der Waals surface area contributed by atoms with Crippen LogP contribution in [0.1, 0.15) is 32.8 Å². The van der Waals surface area contributed by atoms with Gasteiger partial charge in [-0.15, -0.1) is 0 Å². The summed E-state index contributed by atoms with van der Waals surface area (Å²) in [5, 5.41) is 1.06. The van der Waals surface area contributed by atoms with Crippen molar-refractivity contribution < 1.29 is 27.6 Å². The van der Waals surface area contributed by atoms with E-state index in [9.17, 15) is 13.8 Å². The van der Waals surface area contributed by atoms with Crippen molar-refractivity contribution in [3.63, 3.8) is 0 Å². The standard InChI is InChI=1S/C16H25FNO5P/c1-4-22-24(20,23-5-2)16(17)11-12-18(14(3)19)21-13-15-9-7-6-8-10-15/h6-10,16H,4-5,11-13H2,1-3H3. The number of hydrogen-bond donors (Lipinski definition) is 0. The zero-order valence-electron chi connectivity index (χ0n) is 14.3. The van der Waals surface area contributed by atoms with E-state index < -0.39 is 13.5 Å². The average molecular weight is 361 g/mol. The minimum Gasteiger partial charge on any atom is -0.307 e. The summed E-state index contributed by atoms with van der Waals surface area (Å²) >= 11 is 0. The number of hydrogen-bond acceptors (Lipinski definition) is 5. The van der Waals surface area contributed by atoms with E-state index in [2.05, 4.69) is 0 Å². The fourth-order valence-electron chi connectivity index (χ4n) is 1.98. The Bertz CT molecular complexity index is 533. The van der Waals surface area contributed by atoms with Crippen LogP contribution >= 0.6 is 7.60 Å². The van der Waals surface area contributed by atoms with Crippen molar-refractivity contribution in [1.82, 2.24) is 5.06 Å². The lowest BCUT2D eigenvalue weighted by atomic mass is 10.2. The second kappa shape index (κ2) is 10.6. The summed E-state index contributed by atoms with van der Waals surface area (Å²) in [5.74, 6) is -2.18. The first-order valence-electron chi connectivity index (χ1n) is 7.90. The van der Waals surface area contributed by atoms with Crippen molar-refractivity contribution in [3.8, 4) is 0 Å². The highest BCUT2D eigenvalue weighted by Gasteiger charge is 2.36. The van der Waals surface area contributed by atoms with Gasteiger partial charge in [0.05, 0.1) is 19.8 Å². The van der Waals surface area contributed by atoms with E-state index in [-0.39, 0.29) is 38.7 Å². The van der Waals surface area contributed by atoms with E-state index in [4.69, 9.17) is 13.9 Å². The summed E-state index contributed by atoms with van der Waals surface area (Å²) < 4.78 is 36.6. The van der Waals surface area contributed by atoms with Gasteiger partial charge in [-0.05, 0) is 19.4 Å². The molecule has 0 fully saturated rings. The van der Waals surface area contributed by atoms with Crippen molar-refractivity contribution in [1.29, 1.82) is 0 Å². The lowest BCUT2D eigenvalue weighted by Gasteiger charge is -2.24. The molecule has 0 saturated carbocycles. The largest absolute Gasteiger partial charge is 0.364 e. The average Bonchev–Trinajstić information content (AvgIpc) is 2.55. The lowest BCUT2D eigenvalue weighted by Crippen LogP contribution is -2.31. The van der Waals surface area contributed by atoms with Crippen molar-refractivity contribution in [2.24, 2.45) is 0 Å². The molecule has 0 aliphatic rings. The zero-order chi connectivity index (χ0) is 18.0. The predicted octanol–water partition coefficient (Wildman–Crippen LogP) is 3.92. The highest BCUT2D eigenvalue weighted by atomic mass is 31.2. The number of rotatable bonds is 11. The van der Waals surface area contributed by atoms with Crippen LogP contribution in [-0.2, 0) is 29.9 Å². The van der Waals surface area contributed by atoms with Crippen molar-refractivity contribution in [2.45, 2.75) is 39.7 Å². The topological polar surface area (TPSA) is 65.1 Å². The molecule has 6 nitrogen and oxygen atoms in total. The van der Waals surface area contributed by atoms with Crippen molar-refractivity contribution in [3.05, 3.63) is 35.9 Å². The number of nitrogens with zero attached hydrogens (tertiary/aromatic N) is 1. The van der Waals surface area contributed by atoms with Gasteiger partial charge in [0.1, 0.15) is 6.61 Å². The maximum absolute atomic E-state index is 14.3. The Morgan fingerprint density at radius 3 is 2.29 bits per heavy atom. The molecule has 8 heteroatoms. The van der Waals surface area contributed by atoms with Crippen LogP contribution in [-0.4, -0.2) is 36.6 Å². The van der Waals surface area contributed by atoms with Crippen molar-refractivity contribution in [2.75, 3.05) is 19.8 Å². The number of carbonyl (C=O) groups is 1. The van der Waals surface area contributed by atoms with Gasteiger partial charge in [0.2, 0.25) is 11.8 Å². The Morgan fingerprint density at radius 1 is 1.21 bits per heavy atom. The van der Waals surface area contributed by atoms with Crippen LogP contribution in [0.2, 0.25) is 0 Å². The predicted molar refractivity (Wildman–Crippen MR) is 89.0 cm³/mol. The first-order chi connectivity index (χ1) is 11.4. The van der Waals surface area contributed by atoms with Gasteiger partial charge in [-0.1, -0.05) is 30.3 Å². The van der Waals surface area contributed by atoms with E-state index in [1.807, 2.05) is 30.3 Å². The molecule has 0 aromatic heterocycles. The van der Waals surface area contributed by atoms with Gasteiger partial charge < -0.3 is 9.05 Å². The molecule has 0 aliphatic heterocycles. The summed E-state index contributed by atoms with van der Waals surface area (Å²) in [6.45, 7) is 4.85. The van der Waals surface area contributed by atoms with Crippen LogP contribution in [0.3, 0.4) is 0 Å². The van der Waals surface area contributed by atoms with Crippen molar-refractivity contribution >= 4 is 13.5 Å². The molecule has 136 valence electrons. The number of carbonyl (C=O) groups excluding carboxylic acids is 1. The summed E-state index contributed by atoms with van der Waals surface area (Å²) in [5.41, 5.74) is 0.884. The van der Waals surface area contributed by atoms with E-state index in [0.29, 0.717) is 0 Å². The number of halogens is 1. The van der Waals surface area contributed by atoms with Crippen LogP contribution in [0.15, 0.2) is 30.3 Å². The molecule has 24 heavy (non-hydrogen) atoms. The van der Waals surface area contributed by atoms with Gasteiger partial charge in [-0.25, -0.2) is 9.45 Å². The third-order valence-corrected chi connectivity index (χ3v) is 5.29. The molecule has 1 aromatic rings. The van der Waals surface area contributed by atoms with E-state index in [1.165, 1.54) is 6.92 Å². The summed E-state index contributed by atoms with van der Waals surface area (Å²) in [4.78, 5) is 17.0. The molecule has 1 unspecified atom stereocenters. The third-order valence-electron chi connectivity index (χ3n) is 3.11. The Morgan fingerprint density at radius 2 is 1.79 bits per heavy atom. The first-order valence-corrected chi connectivity index (χ1v) is 9.52. The molecule has 1 rings (SSSR count). The quantitative estimate of drug-likeness (QED) is 0.441. The van der Waals surface area contributed by atoms with Gasteiger partial charge >= 0.3 is 7.60 Å². The molecule has 0 aliphatic carbocycles. The molecular weight excluding hydrogens is 336 g/mol. The molecular formula is C16H25FNO5P. The second-order valence-corrected chi connectivity index (χ2v) is 7.14. The second-order valence-electron chi connectivity index (χ2n) is 4.98. The highest BCUT2D eigenvalue weighted by Crippen LogP contribution is 2.54. The molecule has 0 bridgehead atoms. The van der Waals surface area contributed by atoms with Gasteiger partial charge in [0.25, 0.3) is 0 Å². The molecule has 0 N–H and O–H groups in total. The maximum Gasteiger partial charge on any atom is 0.364 e. The fraction of sp³-hybridized carbons (Fsp3) is 0.562. The lowest BCUT2D eigenvalue weighted by molar-refractivity contribution is -0.190. The minimum atomic E-state index is -3.83. The van der Waals surface area contributed by atoms with Crippen LogP contribution in [0.5, 0.6) is 0 Å². The first kappa shape index (κ1) is 20.8. The van der Waals surface area contributed by atoms with Crippen LogP contribution in [0, 0.1) is 0 Å². The molecule has 0 saturated heterocycles. The van der Waals surface area contributed by atoms with Gasteiger partial charge in [0.15, 0.2) is 0 Å². The minimum absolute atomic E-state index is 0.0481. The number of benzene rings is 1. The van der Waals surface area contributed by atoms with Gasteiger partial charge in [0, 0.05) is 13.3 Å². The van der Waals surface area contributed by atoms with E-state index in [1.54, 1.807) is 13.8 Å². The monoisotopic (exact) mass is 361 g/mol. The van der Waals surface area contributed by atoms with Crippen LogP contribution < -0.4 is 0 Å². The van der Waals surface area contributed by atoms with Gasteiger partial charge in [-0.3, -0.25) is 14.2 Å². The normalized spacial score (nSPS) is 12.8. The Labute approximate surface area is 142 Å². The smallest absolute Gasteiger partial charge is 0.307 e. The Balaban J connectivity index is 2.58. The highest BCUT2D eigenvalue weighted by molar-refractivity contribution is 7.54. The van der Waals surface area contributed by atoms with Gasteiger partial charge in [-0.2, -0.15) is 0 Å². The Kier molecular flexibility index (Phi) is 9.14. The SMILES string of the molecule is CCOP(=O)(OCC)C(F)CCN(OCc1ccccc1)C(C)=O. The summed E-state index contributed by atoms with van der Waals surface area (Å²) in [6, 6.07) is 9.30. The van der Waals surface area contributed by atoms with Crippen LogP contribution in [0.25, 0.3) is 0 Å². The molecule has 1 atom stereocenters. The fourth-order valence-corrected chi connectivity index (χ4v) is 3.53. The molecule has 0 spiro atoms. The van der Waals surface area contributed by atoms with E-state index >= 15 is 0 Å². The zero-order valence-corrected chi connectivity index (χ0v) is 15.2. The van der Waals surface area contributed by atoms with E-state index in [0.717, 1.165) is 10.6 Å². The van der Waals surface area contributed by atoms with Crippen LogP contribution in [0.4, 0.5) is 4.39 Å².